The number of nitrogens with zero attached hydrogens (tertiary/aromatic N) is 2. The fourth-order valence-electron chi connectivity index (χ4n) is 2.43. The van der Waals surface area contributed by atoms with Crippen LogP contribution in [-0.4, -0.2) is 28.6 Å². The molecule has 0 aliphatic rings. The normalized spacial score (nSPS) is 10.4. The predicted octanol–water partition coefficient (Wildman–Crippen LogP) is 3.27. The van der Waals surface area contributed by atoms with E-state index in [1.807, 2.05) is 6.92 Å². The van der Waals surface area contributed by atoms with Crippen LogP contribution in [0.4, 0.5) is 11.4 Å². The summed E-state index contributed by atoms with van der Waals surface area (Å²) in [5.41, 5.74) is 1.95. The molecule has 0 unspecified atom stereocenters. The van der Waals surface area contributed by atoms with Crippen molar-refractivity contribution in [2.24, 2.45) is 0 Å². The molecule has 2 N–H and O–H groups in total. The van der Waals surface area contributed by atoms with Crippen molar-refractivity contribution in [3.05, 3.63) is 54.4 Å². The number of benzene rings is 2. The number of ether oxygens (including phenoxy) is 1. The maximum absolute atomic E-state index is 12.1. The molecule has 8 nitrogen and oxygen atoms in total. The van der Waals surface area contributed by atoms with Gasteiger partial charge in [0.2, 0.25) is 17.7 Å². The first kappa shape index (κ1) is 19.1. The van der Waals surface area contributed by atoms with Crippen LogP contribution in [0, 0.1) is 0 Å². The van der Waals surface area contributed by atoms with E-state index in [0.29, 0.717) is 35.3 Å². The van der Waals surface area contributed by atoms with E-state index in [2.05, 4.69) is 20.8 Å². The molecular weight excluding hydrogens is 360 g/mol. The standard InChI is InChI=1S/C20H20N4O4/c1-3-19-23-24-20(28-19)14-7-9-17(10-8-14)27-12-18(26)22-16-6-4-5-15(11-16)21-13(2)25/h4-11H,3,12H2,1-2H3,(H,21,25)(H,22,26). The first-order valence-electron chi connectivity index (χ1n) is 8.76. The average Bonchev–Trinajstić information content (AvgIpc) is 3.16. The molecule has 144 valence electrons. The monoisotopic (exact) mass is 380 g/mol. The number of hydrogen-bond donors (Lipinski definition) is 2. The molecule has 0 saturated heterocycles. The van der Waals surface area contributed by atoms with Gasteiger partial charge in [0.1, 0.15) is 5.75 Å². The highest BCUT2D eigenvalue weighted by molar-refractivity contribution is 5.94. The molecule has 3 rings (SSSR count). The van der Waals surface area contributed by atoms with Gasteiger partial charge in [-0.3, -0.25) is 9.59 Å². The highest BCUT2D eigenvalue weighted by Gasteiger charge is 2.08. The second-order valence-electron chi connectivity index (χ2n) is 5.98. The number of rotatable bonds is 7. The van der Waals surface area contributed by atoms with Crippen molar-refractivity contribution < 1.29 is 18.7 Å². The molecule has 0 bridgehead atoms. The zero-order valence-electron chi connectivity index (χ0n) is 15.6. The van der Waals surface area contributed by atoms with Crippen molar-refractivity contribution >= 4 is 23.2 Å². The Morgan fingerprint density at radius 1 is 1.04 bits per heavy atom. The number of carbonyl (C=O) groups excluding carboxylic acids is 2. The van der Waals surface area contributed by atoms with E-state index >= 15 is 0 Å². The lowest BCUT2D eigenvalue weighted by Gasteiger charge is -2.09. The number of carbonyl (C=O) groups is 2. The fourth-order valence-corrected chi connectivity index (χ4v) is 2.43. The van der Waals surface area contributed by atoms with E-state index in [4.69, 9.17) is 9.15 Å². The van der Waals surface area contributed by atoms with Crippen molar-refractivity contribution in [2.45, 2.75) is 20.3 Å². The summed E-state index contributed by atoms with van der Waals surface area (Å²) in [5.74, 6) is 1.08. The molecule has 0 atom stereocenters. The van der Waals surface area contributed by atoms with Crippen LogP contribution in [0.1, 0.15) is 19.7 Å². The van der Waals surface area contributed by atoms with Crippen molar-refractivity contribution in [3.8, 4) is 17.2 Å². The van der Waals surface area contributed by atoms with E-state index in [-0.39, 0.29) is 18.4 Å². The SMILES string of the molecule is CCc1nnc(-c2ccc(OCC(=O)Nc3cccc(NC(C)=O)c3)cc2)o1. The minimum atomic E-state index is -0.312. The smallest absolute Gasteiger partial charge is 0.262 e. The highest BCUT2D eigenvalue weighted by atomic mass is 16.5. The second-order valence-corrected chi connectivity index (χ2v) is 5.98. The molecule has 28 heavy (non-hydrogen) atoms. The van der Waals surface area contributed by atoms with Crippen molar-refractivity contribution in [1.29, 1.82) is 0 Å². The fraction of sp³-hybridized carbons (Fsp3) is 0.200. The third-order valence-electron chi connectivity index (χ3n) is 3.71. The Balaban J connectivity index is 1.54. The van der Waals surface area contributed by atoms with Crippen LogP contribution in [-0.2, 0) is 16.0 Å². The molecular formula is C20H20N4O4. The first-order chi connectivity index (χ1) is 13.5. The van der Waals surface area contributed by atoms with E-state index in [1.54, 1.807) is 48.5 Å². The van der Waals surface area contributed by atoms with Crippen molar-refractivity contribution in [1.82, 2.24) is 10.2 Å². The molecule has 0 aliphatic carbocycles. The number of hydrogen-bond acceptors (Lipinski definition) is 6. The molecule has 1 aromatic heterocycles. The largest absolute Gasteiger partial charge is 0.484 e. The van der Waals surface area contributed by atoms with Gasteiger partial charge in [-0.2, -0.15) is 0 Å². The third kappa shape index (κ3) is 5.16. The maximum atomic E-state index is 12.1. The number of nitrogens with one attached hydrogen (secondary N) is 2. The lowest BCUT2D eigenvalue weighted by Crippen LogP contribution is -2.20. The topological polar surface area (TPSA) is 106 Å². The third-order valence-corrected chi connectivity index (χ3v) is 3.71. The average molecular weight is 380 g/mol. The minimum Gasteiger partial charge on any atom is -0.484 e. The molecule has 0 spiro atoms. The van der Waals surface area contributed by atoms with E-state index in [1.165, 1.54) is 6.92 Å². The Kier molecular flexibility index (Phi) is 6.01. The zero-order chi connectivity index (χ0) is 19.9. The van der Waals surface area contributed by atoms with Crippen molar-refractivity contribution in [2.75, 3.05) is 17.2 Å². The van der Waals surface area contributed by atoms with E-state index < -0.39 is 0 Å². The Bertz CT molecular complexity index is 966. The second kappa shape index (κ2) is 8.81. The maximum Gasteiger partial charge on any atom is 0.262 e. The Morgan fingerprint density at radius 2 is 1.75 bits per heavy atom. The summed E-state index contributed by atoms with van der Waals surface area (Å²) in [7, 11) is 0. The Morgan fingerprint density at radius 3 is 2.39 bits per heavy atom. The summed E-state index contributed by atoms with van der Waals surface area (Å²) in [6, 6.07) is 13.9. The van der Waals surface area contributed by atoms with Gasteiger partial charge in [-0.25, -0.2) is 0 Å². The van der Waals surface area contributed by atoms with Gasteiger partial charge in [0, 0.05) is 30.3 Å². The highest BCUT2D eigenvalue weighted by Crippen LogP contribution is 2.21. The zero-order valence-corrected chi connectivity index (χ0v) is 15.6. The summed E-state index contributed by atoms with van der Waals surface area (Å²) >= 11 is 0. The Labute approximate surface area is 161 Å². The summed E-state index contributed by atoms with van der Waals surface area (Å²) < 4.78 is 11.0. The number of aromatic nitrogens is 2. The van der Waals surface area contributed by atoms with Crippen LogP contribution >= 0.6 is 0 Å². The van der Waals surface area contributed by atoms with Crippen LogP contribution in [0.3, 0.4) is 0 Å². The van der Waals surface area contributed by atoms with Crippen LogP contribution < -0.4 is 15.4 Å². The predicted molar refractivity (Wildman–Crippen MR) is 104 cm³/mol. The molecule has 0 fully saturated rings. The lowest BCUT2D eigenvalue weighted by molar-refractivity contribution is -0.118. The molecule has 0 aliphatic heterocycles. The molecule has 2 aromatic carbocycles. The van der Waals surface area contributed by atoms with Crippen LogP contribution in [0.25, 0.3) is 11.5 Å². The minimum absolute atomic E-state index is 0.149. The van der Waals surface area contributed by atoms with Crippen molar-refractivity contribution in [3.63, 3.8) is 0 Å². The lowest BCUT2D eigenvalue weighted by atomic mass is 10.2. The summed E-state index contributed by atoms with van der Waals surface area (Å²) in [5, 5.41) is 13.3. The van der Waals surface area contributed by atoms with Gasteiger partial charge in [0.15, 0.2) is 6.61 Å². The van der Waals surface area contributed by atoms with Crippen LogP contribution in [0.2, 0.25) is 0 Å². The molecule has 1 heterocycles. The Hall–Kier alpha value is -3.68. The van der Waals surface area contributed by atoms with Gasteiger partial charge in [0.25, 0.3) is 5.91 Å². The van der Waals surface area contributed by atoms with Crippen LogP contribution in [0.15, 0.2) is 52.9 Å². The summed E-state index contributed by atoms with van der Waals surface area (Å²) in [6.45, 7) is 3.21. The molecule has 8 heteroatoms. The van der Waals surface area contributed by atoms with Gasteiger partial charge in [-0.1, -0.05) is 13.0 Å². The number of amides is 2. The van der Waals surface area contributed by atoms with E-state index in [9.17, 15) is 9.59 Å². The van der Waals surface area contributed by atoms with Crippen LogP contribution in [0.5, 0.6) is 5.75 Å². The molecule has 0 saturated carbocycles. The van der Waals surface area contributed by atoms with Gasteiger partial charge in [-0.05, 0) is 42.5 Å². The number of anilines is 2. The summed E-state index contributed by atoms with van der Waals surface area (Å²) in [6.07, 6.45) is 0.678. The first-order valence-corrected chi connectivity index (χ1v) is 8.76. The number of aryl methyl sites for hydroxylation is 1. The molecule has 3 aromatic rings. The van der Waals surface area contributed by atoms with Gasteiger partial charge in [-0.15, -0.1) is 10.2 Å². The quantitative estimate of drug-likeness (QED) is 0.651. The molecule has 2 amide bonds. The molecule has 0 radical (unpaired) electrons. The van der Waals surface area contributed by atoms with Gasteiger partial charge >= 0.3 is 0 Å². The van der Waals surface area contributed by atoms with Gasteiger partial charge in [0.05, 0.1) is 0 Å². The van der Waals surface area contributed by atoms with E-state index in [0.717, 1.165) is 5.56 Å². The summed E-state index contributed by atoms with van der Waals surface area (Å²) in [4.78, 5) is 23.2. The van der Waals surface area contributed by atoms with Gasteiger partial charge < -0.3 is 19.8 Å².